The van der Waals surface area contributed by atoms with E-state index in [1.807, 2.05) is 66.7 Å². The van der Waals surface area contributed by atoms with Crippen LogP contribution in [0.15, 0.2) is 108 Å². The van der Waals surface area contributed by atoms with Crippen molar-refractivity contribution in [3.8, 4) is 16.9 Å². The SMILES string of the molecule is O=C(Nc1ccc2cc(Br)ccc2n1)C1c2ccccc2OCCN1C(=O)OCC1c2ccccc2-c2ccccc21. The van der Waals surface area contributed by atoms with Gasteiger partial charge in [-0.15, -0.1) is 0 Å². The van der Waals surface area contributed by atoms with Crippen molar-refractivity contribution in [3.63, 3.8) is 0 Å². The topological polar surface area (TPSA) is 80.8 Å². The van der Waals surface area contributed by atoms with Crippen molar-refractivity contribution in [2.24, 2.45) is 0 Å². The average molecular weight is 621 g/mol. The summed E-state index contributed by atoms with van der Waals surface area (Å²) in [5.74, 6) is 0.462. The maximum absolute atomic E-state index is 13.9. The number of rotatable bonds is 4. The summed E-state index contributed by atoms with van der Waals surface area (Å²) in [5.41, 5.74) is 5.89. The number of anilines is 1. The van der Waals surface area contributed by atoms with Crippen LogP contribution in [0.25, 0.3) is 22.0 Å². The van der Waals surface area contributed by atoms with E-state index in [-0.39, 0.29) is 25.7 Å². The third-order valence-electron chi connectivity index (χ3n) is 7.84. The lowest BCUT2D eigenvalue weighted by Crippen LogP contribution is -2.42. The average Bonchev–Trinajstić information content (AvgIpc) is 3.19. The highest BCUT2D eigenvalue weighted by atomic mass is 79.9. The summed E-state index contributed by atoms with van der Waals surface area (Å²) in [6.07, 6.45) is -0.575. The Balaban J connectivity index is 1.16. The minimum absolute atomic E-state index is 0.0917. The number of carbonyl (C=O) groups is 2. The van der Waals surface area contributed by atoms with Crippen LogP contribution in [0.2, 0.25) is 0 Å². The molecule has 1 aliphatic carbocycles. The Hall–Kier alpha value is -4.69. The fraction of sp³-hybridized carbons (Fsp3) is 0.147. The molecule has 7 nitrogen and oxygen atoms in total. The number of carbonyl (C=O) groups excluding carboxylic acids is 2. The Morgan fingerprint density at radius 3 is 2.33 bits per heavy atom. The monoisotopic (exact) mass is 619 g/mol. The van der Waals surface area contributed by atoms with Crippen molar-refractivity contribution in [1.82, 2.24) is 9.88 Å². The molecule has 208 valence electrons. The number of benzene rings is 4. The van der Waals surface area contributed by atoms with E-state index in [0.717, 1.165) is 37.6 Å². The van der Waals surface area contributed by atoms with Crippen LogP contribution in [-0.2, 0) is 9.53 Å². The third kappa shape index (κ3) is 4.77. The van der Waals surface area contributed by atoms with Gasteiger partial charge in [0.15, 0.2) is 0 Å². The van der Waals surface area contributed by atoms with Crippen LogP contribution in [0.4, 0.5) is 10.6 Å². The number of para-hydroxylation sites is 1. The van der Waals surface area contributed by atoms with Gasteiger partial charge in [0.2, 0.25) is 0 Å². The van der Waals surface area contributed by atoms with E-state index in [2.05, 4.69) is 50.5 Å². The van der Waals surface area contributed by atoms with Gasteiger partial charge >= 0.3 is 6.09 Å². The summed E-state index contributed by atoms with van der Waals surface area (Å²) in [7, 11) is 0. The Bertz CT molecular complexity index is 1800. The Labute approximate surface area is 251 Å². The molecule has 1 atom stereocenters. The second-order valence-corrected chi connectivity index (χ2v) is 11.2. The van der Waals surface area contributed by atoms with Crippen molar-refractivity contribution >= 4 is 44.7 Å². The summed E-state index contributed by atoms with van der Waals surface area (Å²) < 4.78 is 12.9. The second kappa shape index (κ2) is 10.9. The van der Waals surface area contributed by atoms with Gasteiger partial charge in [0.05, 0.1) is 12.1 Å². The van der Waals surface area contributed by atoms with Crippen molar-refractivity contribution < 1.29 is 19.1 Å². The van der Waals surface area contributed by atoms with E-state index in [4.69, 9.17) is 9.47 Å². The van der Waals surface area contributed by atoms with Crippen LogP contribution in [-0.4, -0.2) is 41.6 Å². The number of halogens is 1. The number of nitrogens with zero attached hydrogens (tertiary/aromatic N) is 2. The molecule has 0 spiro atoms. The highest BCUT2D eigenvalue weighted by Crippen LogP contribution is 2.44. The zero-order chi connectivity index (χ0) is 28.6. The van der Waals surface area contributed by atoms with Gasteiger partial charge < -0.3 is 14.8 Å². The minimum Gasteiger partial charge on any atom is -0.491 e. The smallest absolute Gasteiger partial charge is 0.410 e. The number of aromatic nitrogens is 1. The fourth-order valence-electron chi connectivity index (χ4n) is 5.91. The molecule has 0 radical (unpaired) electrons. The largest absolute Gasteiger partial charge is 0.491 e. The molecule has 2 heterocycles. The summed E-state index contributed by atoms with van der Waals surface area (Å²) >= 11 is 3.48. The highest BCUT2D eigenvalue weighted by molar-refractivity contribution is 9.10. The van der Waals surface area contributed by atoms with Gasteiger partial charge in [-0.3, -0.25) is 9.69 Å². The fourth-order valence-corrected chi connectivity index (χ4v) is 6.28. The van der Waals surface area contributed by atoms with Crippen molar-refractivity contribution in [1.29, 1.82) is 0 Å². The molecule has 0 bridgehead atoms. The molecule has 1 aromatic heterocycles. The third-order valence-corrected chi connectivity index (χ3v) is 8.33. The lowest BCUT2D eigenvalue weighted by atomic mass is 9.98. The van der Waals surface area contributed by atoms with Gasteiger partial charge in [0.1, 0.15) is 30.8 Å². The van der Waals surface area contributed by atoms with E-state index >= 15 is 0 Å². The van der Waals surface area contributed by atoms with Crippen LogP contribution < -0.4 is 10.1 Å². The standard InChI is InChI=1S/C34H26BrN3O4/c35-22-14-15-29-21(19-22)13-16-31(36-29)37-33(39)32-27-11-5-6-12-30(27)41-18-17-38(32)34(40)42-20-28-25-9-3-1-7-23(25)24-8-2-4-10-26(24)28/h1-16,19,28,32H,17-18,20H2,(H,36,37,39). The molecule has 1 unspecified atom stereocenters. The maximum atomic E-state index is 13.9. The Morgan fingerprint density at radius 2 is 1.57 bits per heavy atom. The van der Waals surface area contributed by atoms with E-state index in [1.165, 1.54) is 4.90 Å². The summed E-state index contributed by atoms with van der Waals surface area (Å²) in [4.78, 5) is 33.7. The predicted molar refractivity (Wildman–Crippen MR) is 165 cm³/mol. The van der Waals surface area contributed by atoms with Crippen LogP contribution >= 0.6 is 15.9 Å². The zero-order valence-corrected chi connectivity index (χ0v) is 24.1. The number of fused-ring (bicyclic) bond motifs is 5. The van der Waals surface area contributed by atoms with Gasteiger partial charge in [-0.2, -0.15) is 0 Å². The molecule has 42 heavy (non-hydrogen) atoms. The van der Waals surface area contributed by atoms with Crippen molar-refractivity contribution in [2.45, 2.75) is 12.0 Å². The van der Waals surface area contributed by atoms with Crippen LogP contribution in [0.5, 0.6) is 5.75 Å². The number of pyridine rings is 1. The van der Waals surface area contributed by atoms with E-state index in [9.17, 15) is 9.59 Å². The summed E-state index contributed by atoms with van der Waals surface area (Å²) in [5, 5.41) is 3.87. The van der Waals surface area contributed by atoms with Crippen molar-refractivity contribution in [2.75, 3.05) is 25.1 Å². The van der Waals surface area contributed by atoms with E-state index in [0.29, 0.717) is 17.1 Å². The number of ether oxygens (including phenoxy) is 2. The van der Waals surface area contributed by atoms with Gasteiger partial charge in [0.25, 0.3) is 5.91 Å². The van der Waals surface area contributed by atoms with Crippen molar-refractivity contribution in [3.05, 3.63) is 124 Å². The number of hydrogen-bond donors (Lipinski definition) is 1. The summed E-state index contributed by atoms with van der Waals surface area (Å²) in [6, 6.07) is 32.1. The first-order chi connectivity index (χ1) is 20.6. The first-order valence-electron chi connectivity index (χ1n) is 13.8. The number of amides is 2. The first kappa shape index (κ1) is 26.2. The van der Waals surface area contributed by atoms with Crippen LogP contribution in [0.1, 0.15) is 28.7 Å². The molecule has 8 heteroatoms. The maximum Gasteiger partial charge on any atom is 0.410 e. The highest BCUT2D eigenvalue weighted by Gasteiger charge is 2.37. The van der Waals surface area contributed by atoms with Gasteiger partial charge in [-0.25, -0.2) is 9.78 Å². The molecule has 4 aromatic carbocycles. The van der Waals surface area contributed by atoms with Gasteiger partial charge in [0, 0.05) is 21.3 Å². The quantitative estimate of drug-likeness (QED) is 0.228. The Kier molecular flexibility index (Phi) is 6.83. The first-order valence-corrected chi connectivity index (χ1v) is 14.6. The van der Waals surface area contributed by atoms with Crippen LogP contribution in [0.3, 0.4) is 0 Å². The molecule has 5 aromatic rings. The van der Waals surface area contributed by atoms with Crippen LogP contribution in [0, 0.1) is 0 Å². The normalized spacial score (nSPS) is 15.6. The Morgan fingerprint density at radius 1 is 0.881 bits per heavy atom. The second-order valence-electron chi connectivity index (χ2n) is 10.3. The van der Waals surface area contributed by atoms with E-state index < -0.39 is 18.0 Å². The molecule has 1 N–H and O–H groups in total. The molecule has 1 aliphatic heterocycles. The predicted octanol–water partition coefficient (Wildman–Crippen LogP) is 7.32. The molecule has 7 rings (SSSR count). The molecule has 0 fully saturated rings. The molecule has 2 aliphatic rings. The molecule has 2 amide bonds. The summed E-state index contributed by atoms with van der Waals surface area (Å²) in [6.45, 7) is 0.568. The minimum atomic E-state index is -0.971. The molecule has 0 saturated carbocycles. The molecular weight excluding hydrogens is 594 g/mol. The van der Waals surface area contributed by atoms with Gasteiger partial charge in [-0.05, 0) is 58.7 Å². The number of hydrogen-bond acceptors (Lipinski definition) is 5. The van der Waals surface area contributed by atoms with Gasteiger partial charge in [-0.1, -0.05) is 82.7 Å². The van der Waals surface area contributed by atoms with E-state index in [1.54, 1.807) is 12.1 Å². The lowest BCUT2D eigenvalue weighted by Gasteiger charge is -2.29. The zero-order valence-electron chi connectivity index (χ0n) is 22.5. The lowest BCUT2D eigenvalue weighted by molar-refractivity contribution is -0.121. The molecule has 0 saturated heterocycles. The molecular formula is C34H26BrN3O4. The number of nitrogens with one attached hydrogen (secondary N) is 1.